The lowest BCUT2D eigenvalue weighted by Crippen LogP contribution is -2.29. The molecule has 2 saturated heterocycles. The van der Waals surface area contributed by atoms with Crippen molar-refractivity contribution in [2.24, 2.45) is 5.92 Å². The Kier molecular flexibility index (Phi) is 5.79. The molecule has 0 N–H and O–H groups in total. The molecule has 2 fully saturated rings. The predicted molar refractivity (Wildman–Crippen MR) is 124 cm³/mol. The highest BCUT2D eigenvalue weighted by atomic mass is 79.9. The van der Waals surface area contributed by atoms with E-state index in [-0.39, 0.29) is 42.1 Å². The van der Waals surface area contributed by atoms with Crippen LogP contribution in [0, 0.1) is 5.92 Å². The first kappa shape index (κ1) is 22.2. The number of ether oxygens (including phenoxy) is 3. The van der Waals surface area contributed by atoms with E-state index in [1.165, 1.54) is 0 Å². The summed E-state index contributed by atoms with van der Waals surface area (Å²) in [5.74, 6) is -0.150. The van der Waals surface area contributed by atoms with Crippen molar-refractivity contribution in [1.82, 2.24) is 0 Å². The van der Waals surface area contributed by atoms with Gasteiger partial charge in [-0.15, -0.1) is 0 Å². The summed E-state index contributed by atoms with van der Waals surface area (Å²) in [6.07, 6.45) is 4.78. The number of hydrogen-bond acceptors (Lipinski definition) is 6. The van der Waals surface area contributed by atoms with E-state index in [4.69, 9.17) is 18.6 Å². The molecule has 33 heavy (non-hydrogen) atoms. The zero-order valence-electron chi connectivity index (χ0n) is 18.3. The molecule has 0 saturated carbocycles. The number of allylic oxidation sites excluding steroid dienone is 1. The summed E-state index contributed by atoms with van der Waals surface area (Å²) in [6, 6.07) is 11.0. The number of esters is 2. The summed E-state index contributed by atoms with van der Waals surface area (Å²) in [6.45, 7) is 6.17. The van der Waals surface area contributed by atoms with E-state index < -0.39 is 5.97 Å². The molecule has 0 spiro atoms. The molecule has 0 amide bonds. The SMILES string of the molecule is C=C1C(=O)O[C@@H]2[C@H]3O[C@]3(C)CC/C=C(/COC(=O)c3ccc(-c4ccc(Br)cc4)o3)CC[C@@H]12. The van der Waals surface area contributed by atoms with Crippen LogP contribution in [0.3, 0.4) is 0 Å². The number of halogens is 1. The fourth-order valence-corrected chi connectivity index (χ4v) is 4.96. The maximum absolute atomic E-state index is 12.6. The van der Waals surface area contributed by atoms with Gasteiger partial charge in [-0.05, 0) is 62.4 Å². The Bertz CT molecular complexity index is 1130. The van der Waals surface area contributed by atoms with E-state index in [1.807, 2.05) is 24.3 Å². The largest absolute Gasteiger partial charge is 0.455 e. The fourth-order valence-electron chi connectivity index (χ4n) is 4.70. The molecule has 2 aliphatic heterocycles. The van der Waals surface area contributed by atoms with Crippen molar-refractivity contribution in [2.75, 3.05) is 6.61 Å². The van der Waals surface area contributed by atoms with Crippen molar-refractivity contribution >= 4 is 27.9 Å². The molecule has 1 aromatic heterocycles. The molecule has 4 atom stereocenters. The Balaban J connectivity index is 1.24. The molecule has 2 aromatic rings. The van der Waals surface area contributed by atoms with Gasteiger partial charge in [0.05, 0.1) is 5.60 Å². The van der Waals surface area contributed by atoms with E-state index in [9.17, 15) is 9.59 Å². The van der Waals surface area contributed by atoms with Crippen molar-refractivity contribution in [2.45, 2.75) is 50.4 Å². The van der Waals surface area contributed by atoms with Gasteiger partial charge in [-0.2, -0.15) is 0 Å². The monoisotopic (exact) mass is 512 g/mol. The highest BCUT2D eigenvalue weighted by molar-refractivity contribution is 9.10. The first-order valence-corrected chi connectivity index (χ1v) is 11.9. The quantitative estimate of drug-likeness (QED) is 0.229. The number of rotatable bonds is 4. The molecule has 172 valence electrons. The lowest BCUT2D eigenvalue weighted by molar-refractivity contribution is -0.140. The Hall–Kier alpha value is -2.64. The minimum atomic E-state index is -0.504. The molecular formula is C26H25BrO6. The zero-order chi connectivity index (χ0) is 23.2. The highest BCUT2D eigenvalue weighted by Gasteiger charge is 2.61. The van der Waals surface area contributed by atoms with E-state index in [2.05, 4.69) is 35.5 Å². The number of carbonyl (C=O) groups is 2. The Morgan fingerprint density at radius 2 is 2.03 bits per heavy atom. The van der Waals surface area contributed by atoms with E-state index in [0.717, 1.165) is 28.5 Å². The summed E-state index contributed by atoms with van der Waals surface area (Å²) in [5, 5.41) is 0. The van der Waals surface area contributed by atoms with Crippen LogP contribution in [0.4, 0.5) is 0 Å². The molecule has 0 bridgehead atoms. The van der Waals surface area contributed by atoms with Crippen LogP contribution in [-0.2, 0) is 19.0 Å². The lowest BCUT2D eigenvalue weighted by Gasteiger charge is -2.20. The number of furan rings is 1. The Morgan fingerprint density at radius 1 is 1.24 bits per heavy atom. The van der Waals surface area contributed by atoms with Gasteiger partial charge in [-0.25, -0.2) is 9.59 Å². The molecular weight excluding hydrogens is 488 g/mol. The van der Waals surface area contributed by atoms with Crippen LogP contribution in [0.2, 0.25) is 0 Å². The third kappa shape index (κ3) is 4.44. The van der Waals surface area contributed by atoms with Gasteiger partial charge in [0.2, 0.25) is 5.76 Å². The second-order valence-corrected chi connectivity index (χ2v) is 9.96. The molecule has 5 rings (SSSR count). The number of benzene rings is 1. The molecule has 0 radical (unpaired) electrons. The summed E-state index contributed by atoms with van der Waals surface area (Å²) in [4.78, 5) is 24.7. The average molecular weight is 513 g/mol. The molecule has 1 aromatic carbocycles. The van der Waals surface area contributed by atoms with Crippen LogP contribution in [0.15, 0.2) is 69.1 Å². The standard InChI is InChI=1S/C26H25BrO6/c1-15-19-10-5-16(4-3-13-26(2)23(33-26)22(19)32-24(15)28)14-30-25(29)21-12-11-20(31-21)17-6-8-18(27)9-7-17/h4,6-9,11-12,19,22-23H,1,3,5,10,13-14H2,2H3/b16-4+/t19-,22-,23+,26+/m0/s1. The van der Waals surface area contributed by atoms with Gasteiger partial charge in [0.25, 0.3) is 0 Å². The van der Waals surface area contributed by atoms with Gasteiger partial charge in [0.1, 0.15) is 24.6 Å². The van der Waals surface area contributed by atoms with Gasteiger partial charge in [-0.3, -0.25) is 0 Å². The minimum absolute atomic E-state index is 0.0719. The van der Waals surface area contributed by atoms with Crippen LogP contribution in [0.1, 0.15) is 43.2 Å². The maximum Gasteiger partial charge on any atom is 0.374 e. The summed E-state index contributed by atoms with van der Waals surface area (Å²) in [5.41, 5.74) is 2.10. The van der Waals surface area contributed by atoms with E-state index >= 15 is 0 Å². The summed E-state index contributed by atoms with van der Waals surface area (Å²) >= 11 is 3.41. The third-order valence-corrected chi connectivity index (χ3v) is 7.29. The predicted octanol–water partition coefficient (Wildman–Crippen LogP) is 5.62. The summed E-state index contributed by atoms with van der Waals surface area (Å²) < 4.78 is 23.8. The number of hydrogen-bond donors (Lipinski definition) is 0. The van der Waals surface area contributed by atoms with Crippen LogP contribution >= 0.6 is 15.9 Å². The van der Waals surface area contributed by atoms with Gasteiger partial charge < -0.3 is 18.6 Å². The normalized spacial score (nSPS) is 30.5. The van der Waals surface area contributed by atoms with Crippen LogP contribution in [0.5, 0.6) is 0 Å². The van der Waals surface area contributed by atoms with E-state index in [1.54, 1.807) is 12.1 Å². The van der Waals surface area contributed by atoms with Crippen molar-refractivity contribution in [3.63, 3.8) is 0 Å². The average Bonchev–Trinajstić information content (AvgIpc) is 3.11. The maximum atomic E-state index is 12.6. The molecule has 6 nitrogen and oxygen atoms in total. The number of epoxide rings is 1. The first-order chi connectivity index (χ1) is 15.8. The van der Waals surface area contributed by atoms with E-state index in [0.29, 0.717) is 24.2 Å². The van der Waals surface area contributed by atoms with Crippen molar-refractivity contribution in [3.8, 4) is 11.3 Å². The Morgan fingerprint density at radius 3 is 2.82 bits per heavy atom. The zero-order valence-corrected chi connectivity index (χ0v) is 19.9. The Labute approximate surface area is 200 Å². The third-order valence-electron chi connectivity index (χ3n) is 6.76. The van der Waals surface area contributed by atoms with Crippen LogP contribution < -0.4 is 0 Å². The second-order valence-electron chi connectivity index (χ2n) is 9.04. The number of carbonyl (C=O) groups excluding carboxylic acids is 2. The van der Waals surface area contributed by atoms with Gasteiger partial charge in [0, 0.05) is 21.5 Å². The molecule has 1 aliphatic carbocycles. The molecule has 7 heteroatoms. The van der Waals surface area contributed by atoms with Crippen LogP contribution in [-0.4, -0.2) is 36.4 Å². The van der Waals surface area contributed by atoms with Gasteiger partial charge in [-0.1, -0.05) is 40.7 Å². The summed E-state index contributed by atoms with van der Waals surface area (Å²) in [7, 11) is 0. The smallest absolute Gasteiger partial charge is 0.374 e. The highest BCUT2D eigenvalue weighted by Crippen LogP contribution is 2.49. The van der Waals surface area contributed by atoms with Gasteiger partial charge >= 0.3 is 11.9 Å². The molecule has 3 heterocycles. The lowest BCUT2D eigenvalue weighted by atomic mass is 9.84. The second kappa shape index (κ2) is 8.61. The van der Waals surface area contributed by atoms with Crippen molar-refractivity contribution in [3.05, 3.63) is 70.4 Å². The minimum Gasteiger partial charge on any atom is -0.455 e. The first-order valence-electron chi connectivity index (χ1n) is 11.1. The van der Waals surface area contributed by atoms with Crippen molar-refractivity contribution in [1.29, 1.82) is 0 Å². The number of fused-ring (bicyclic) bond motifs is 3. The van der Waals surface area contributed by atoms with Crippen molar-refractivity contribution < 1.29 is 28.2 Å². The molecule has 3 aliphatic rings. The van der Waals surface area contributed by atoms with Gasteiger partial charge in [0.15, 0.2) is 0 Å². The fraction of sp³-hybridized carbons (Fsp3) is 0.385. The molecule has 0 unspecified atom stereocenters. The topological polar surface area (TPSA) is 78.3 Å². The van der Waals surface area contributed by atoms with Crippen LogP contribution in [0.25, 0.3) is 11.3 Å².